The van der Waals surface area contributed by atoms with E-state index in [-0.39, 0.29) is 5.91 Å². The fourth-order valence-corrected chi connectivity index (χ4v) is 2.39. The van der Waals surface area contributed by atoms with E-state index in [0.29, 0.717) is 17.1 Å². The molecule has 2 N–H and O–H groups in total. The second kappa shape index (κ2) is 11.1. The molecule has 7 nitrogen and oxygen atoms in total. The molecule has 26 heavy (non-hydrogen) atoms. The van der Waals surface area contributed by atoms with Crippen LogP contribution in [0.15, 0.2) is 24.3 Å². The molecule has 0 atom stereocenters. The predicted octanol–water partition coefficient (Wildman–Crippen LogP) is 1.67. The summed E-state index contributed by atoms with van der Waals surface area (Å²) in [5, 5.41) is 15.4. The molecule has 0 spiro atoms. The van der Waals surface area contributed by atoms with Gasteiger partial charge >= 0.3 is 11.9 Å². The standard InChI is InChI=1S/C16H19ClN2O.C2H2O4/c1-18(9-2-3-10-19-11-4-5-12-19)16(20)14-7-6-8-15(17)13-14;3-1(4)2(5)6/h6-8,13H,4-5,9-12H2,1H3;(H,3,4)(H,5,6). The Bertz CT molecular complexity index is 693. The first kappa shape index (κ1) is 21.5. The lowest BCUT2D eigenvalue weighted by atomic mass is 10.2. The molecule has 0 aromatic heterocycles. The molecule has 140 valence electrons. The summed E-state index contributed by atoms with van der Waals surface area (Å²) in [6.07, 6.45) is 2.55. The molecule has 1 aromatic carbocycles. The molecule has 1 aromatic rings. The zero-order valence-electron chi connectivity index (χ0n) is 14.4. The molecule has 1 amide bonds. The smallest absolute Gasteiger partial charge is 0.414 e. The minimum absolute atomic E-state index is 0.0528. The van der Waals surface area contributed by atoms with Crippen molar-refractivity contribution in [2.45, 2.75) is 12.8 Å². The Morgan fingerprint density at radius 3 is 2.31 bits per heavy atom. The van der Waals surface area contributed by atoms with Crippen molar-refractivity contribution in [3.05, 3.63) is 34.9 Å². The summed E-state index contributed by atoms with van der Waals surface area (Å²) in [6.45, 7) is 3.54. The maximum Gasteiger partial charge on any atom is 0.414 e. The summed E-state index contributed by atoms with van der Waals surface area (Å²) < 4.78 is 0. The number of hydrogen-bond donors (Lipinski definition) is 2. The van der Waals surface area contributed by atoms with E-state index in [2.05, 4.69) is 16.7 Å². The summed E-state index contributed by atoms with van der Waals surface area (Å²) in [4.78, 5) is 34.3. The number of hydrogen-bond acceptors (Lipinski definition) is 4. The molecule has 0 aliphatic carbocycles. The first-order valence-electron chi connectivity index (χ1n) is 7.96. The number of halogens is 1. The Balaban J connectivity index is 0.000000487. The van der Waals surface area contributed by atoms with Crippen molar-refractivity contribution in [2.24, 2.45) is 0 Å². The van der Waals surface area contributed by atoms with Gasteiger partial charge in [0, 0.05) is 17.6 Å². The van der Waals surface area contributed by atoms with Gasteiger partial charge in [-0.25, -0.2) is 9.59 Å². The normalized spacial score (nSPS) is 13.0. The van der Waals surface area contributed by atoms with E-state index >= 15 is 0 Å². The van der Waals surface area contributed by atoms with Crippen LogP contribution in [0.2, 0.25) is 5.02 Å². The first-order chi connectivity index (χ1) is 12.3. The van der Waals surface area contributed by atoms with Crippen molar-refractivity contribution in [1.82, 2.24) is 9.80 Å². The van der Waals surface area contributed by atoms with Gasteiger partial charge in [-0.2, -0.15) is 0 Å². The van der Waals surface area contributed by atoms with Crippen molar-refractivity contribution in [3.8, 4) is 11.8 Å². The summed E-state index contributed by atoms with van der Waals surface area (Å²) in [5.74, 6) is 2.49. The molecule has 0 saturated carbocycles. The number of rotatable bonds is 3. The molecule has 8 heteroatoms. The monoisotopic (exact) mass is 380 g/mol. The number of carbonyl (C=O) groups is 3. The lowest BCUT2D eigenvalue weighted by molar-refractivity contribution is -0.159. The Kier molecular flexibility index (Phi) is 9.20. The van der Waals surface area contributed by atoms with Crippen LogP contribution in [-0.4, -0.2) is 71.1 Å². The van der Waals surface area contributed by atoms with E-state index in [4.69, 9.17) is 31.4 Å². The van der Waals surface area contributed by atoms with Crippen molar-refractivity contribution in [2.75, 3.05) is 33.2 Å². The number of aliphatic carboxylic acids is 2. The molecular weight excluding hydrogens is 360 g/mol. The zero-order chi connectivity index (χ0) is 19.5. The van der Waals surface area contributed by atoms with Gasteiger partial charge in [-0.1, -0.05) is 29.5 Å². The zero-order valence-corrected chi connectivity index (χ0v) is 15.2. The van der Waals surface area contributed by atoms with Crippen molar-refractivity contribution in [3.63, 3.8) is 0 Å². The second-order valence-electron chi connectivity index (χ2n) is 5.62. The van der Waals surface area contributed by atoms with Gasteiger partial charge in [0.1, 0.15) is 0 Å². The van der Waals surface area contributed by atoms with E-state index in [1.165, 1.54) is 12.8 Å². The van der Waals surface area contributed by atoms with Gasteiger partial charge in [-0.15, -0.1) is 0 Å². The Labute approximate surface area is 157 Å². The van der Waals surface area contributed by atoms with Gasteiger partial charge in [-0.3, -0.25) is 9.69 Å². The summed E-state index contributed by atoms with van der Waals surface area (Å²) in [5.41, 5.74) is 0.598. The van der Waals surface area contributed by atoms with Crippen molar-refractivity contribution >= 4 is 29.4 Å². The maximum atomic E-state index is 12.1. The minimum Gasteiger partial charge on any atom is -0.473 e. The SMILES string of the molecule is CN(CC#CCN1CCCC1)C(=O)c1cccc(Cl)c1.O=C(O)C(=O)O. The van der Waals surface area contributed by atoms with E-state index in [1.54, 1.807) is 36.2 Å². The lowest BCUT2D eigenvalue weighted by Crippen LogP contribution is -2.27. The number of likely N-dealkylation sites (tertiary alicyclic amines) is 1. The van der Waals surface area contributed by atoms with E-state index in [0.717, 1.165) is 19.6 Å². The Hall–Kier alpha value is -2.56. The number of carbonyl (C=O) groups excluding carboxylic acids is 1. The molecule has 1 saturated heterocycles. The average Bonchev–Trinajstić information content (AvgIpc) is 3.11. The molecule has 0 radical (unpaired) electrons. The molecule has 0 bridgehead atoms. The maximum absolute atomic E-state index is 12.1. The predicted molar refractivity (Wildman–Crippen MR) is 97.1 cm³/mol. The van der Waals surface area contributed by atoms with Crippen LogP contribution in [-0.2, 0) is 9.59 Å². The van der Waals surface area contributed by atoms with Crippen molar-refractivity contribution < 1.29 is 24.6 Å². The summed E-state index contributed by atoms with van der Waals surface area (Å²) >= 11 is 5.89. The van der Waals surface area contributed by atoms with Crippen LogP contribution in [0.1, 0.15) is 23.2 Å². The largest absolute Gasteiger partial charge is 0.473 e. The molecule has 1 aliphatic heterocycles. The molecular formula is C18H21ClN2O5. The van der Waals surface area contributed by atoms with E-state index in [1.807, 2.05) is 0 Å². The molecule has 0 unspecified atom stereocenters. The Morgan fingerprint density at radius 1 is 1.15 bits per heavy atom. The van der Waals surface area contributed by atoms with Crippen LogP contribution in [0.25, 0.3) is 0 Å². The lowest BCUT2D eigenvalue weighted by Gasteiger charge is -2.14. The van der Waals surface area contributed by atoms with Crippen LogP contribution in [0.3, 0.4) is 0 Å². The number of nitrogens with zero attached hydrogens (tertiary/aromatic N) is 2. The fourth-order valence-electron chi connectivity index (χ4n) is 2.20. The number of benzene rings is 1. The van der Waals surface area contributed by atoms with Crippen LogP contribution >= 0.6 is 11.6 Å². The Morgan fingerprint density at radius 2 is 1.77 bits per heavy atom. The second-order valence-corrected chi connectivity index (χ2v) is 6.06. The van der Waals surface area contributed by atoms with Gasteiger partial charge in [-0.05, 0) is 44.1 Å². The van der Waals surface area contributed by atoms with Gasteiger partial charge in [0.15, 0.2) is 0 Å². The highest BCUT2D eigenvalue weighted by molar-refractivity contribution is 6.31. The van der Waals surface area contributed by atoms with Crippen LogP contribution < -0.4 is 0 Å². The van der Waals surface area contributed by atoms with Crippen LogP contribution in [0.5, 0.6) is 0 Å². The van der Waals surface area contributed by atoms with Gasteiger partial charge < -0.3 is 15.1 Å². The number of amides is 1. The molecule has 2 rings (SSSR count). The molecule has 1 fully saturated rings. The van der Waals surface area contributed by atoms with Crippen LogP contribution in [0, 0.1) is 11.8 Å². The highest BCUT2D eigenvalue weighted by atomic mass is 35.5. The van der Waals surface area contributed by atoms with Gasteiger partial charge in [0.25, 0.3) is 5.91 Å². The topological polar surface area (TPSA) is 98.2 Å². The van der Waals surface area contributed by atoms with Crippen LogP contribution in [0.4, 0.5) is 0 Å². The van der Waals surface area contributed by atoms with Gasteiger partial charge in [0.05, 0.1) is 13.1 Å². The quantitative estimate of drug-likeness (QED) is 0.611. The van der Waals surface area contributed by atoms with E-state index < -0.39 is 11.9 Å². The van der Waals surface area contributed by atoms with Gasteiger partial charge in [0.2, 0.25) is 0 Å². The molecule has 1 heterocycles. The summed E-state index contributed by atoms with van der Waals surface area (Å²) in [7, 11) is 1.76. The highest BCUT2D eigenvalue weighted by Gasteiger charge is 2.11. The summed E-state index contributed by atoms with van der Waals surface area (Å²) in [6, 6.07) is 6.98. The third kappa shape index (κ3) is 8.01. The first-order valence-corrected chi connectivity index (χ1v) is 8.34. The average molecular weight is 381 g/mol. The van der Waals surface area contributed by atoms with Crippen molar-refractivity contribution in [1.29, 1.82) is 0 Å². The highest BCUT2D eigenvalue weighted by Crippen LogP contribution is 2.12. The fraction of sp³-hybridized carbons (Fsp3) is 0.389. The third-order valence-corrected chi connectivity index (χ3v) is 3.78. The van der Waals surface area contributed by atoms with E-state index in [9.17, 15) is 4.79 Å². The molecule has 1 aliphatic rings. The number of carboxylic acid groups (broad SMARTS) is 2. The number of carboxylic acids is 2. The third-order valence-electron chi connectivity index (χ3n) is 3.54. The minimum atomic E-state index is -1.82.